The lowest BCUT2D eigenvalue weighted by Crippen LogP contribution is -2.42. The standard InChI is InChI=1S/C31H34N4O4/c1-39-24-16-14-23(15-17-24)28-30(32-20-21-9-4-2-5-10-21)35-18-8-13-25(29(35)34-28)31(38)33-26(19-27(36)37)22-11-6-3-7-12-22/h2,4-5,8-10,13-18,22,26,32H,3,6-7,11-12,19-20H2,1H3,(H,33,38)(H,36,37). The molecule has 1 amide bonds. The Balaban J connectivity index is 1.51. The third kappa shape index (κ3) is 6.06. The number of benzene rings is 2. The van der Waals surface area contributed by atoms with E-state index in [1.165, 1.54) is 0 Å². The summed E-state index contributed by atoms with van der Waals surface area (Å²) in [7, 11) is 1.63. The summed E-state index contributed by atoms with van der Waals surface area (Å²) in [6, 6.07) is 20.9. The van der Waals surface area contributed by atoms with E-state index in [0.29, 0.717) is 23.4 Å². The highest BCUT2D eigenvalue weighted by molar-refractivity contribution is 6.01. The molecule has 0 spiro atoms. The number of ether oxygens (including phenoxy) is 1. The smallest absolute Gasteiger partial charge is 0.305 e. The molecule has 1 saturated carbocycles. The number of carboxylic acid groups (broad SMARTS) is 1. The molecule has 5 rings (SSSR count). The number of anilines is 1. The average molecular weight is 527 g/mol. The molecule has 0 aliphatic heterocycles. The summed E-state index contributed by atoms with van der Waals surface area (Å²) in [5, 5.41) is 16.1. The molecule has 8 nitrogen and oxygen atoms in total. The van der Waals surface area contributed by atoms with Crippen molar-refractivity contribution in [3.8, 4) is 17.0 Å². The van der Waals surface area contributed by atoms with Crippen molar-refractivity contribution in [3.05, 3.63) is 84.1 Å². The Morgan fingerprint density at radius 3 is 2.46 bits per heavy atom. The van der Waals surface area contributed by atoms with Crippen LogP contribution < -0.4 is 15.4 Å². The largest absolute Gasteiger partial charge is 0.497 e. The van der Waals surface area contributed by atoms with Gasteiger partial charge in [0, 0.05) is 24.3 Å². The first-order valence-corrected chi connectivity index (χ1v) is 13.5. The van der Waals surface area contributed by atoms with Crippen molar-refractivity contribution in [3.63, 3.8) is 0 Å². The van der Waals surface area contributed by atoms with Gasteiger partial charge in [-0.3, -0.25) is 14.0 Å². The van der Waals surface area contributed by atoms with Crippen molar-refractivity contribution in [1.29, 1.82) is 0 Å². The molecule has 1 aliphatic rings. The lowest BCUT2D eigenvalue weighted by atomic mass is 9.82. The van der Waals surface area contributed by atoms with E-state index in [4.69, 9.17) is 9.72 Å². The number of nitrogens with zero attached hydrogens (tertiary/aromatic N) is 2. The number of carbonyl (C=O) groups is 2. The van der Waals surface area contributed by atoms with Crippen molar-refractivity contribution >= 4 is 23.3 Å². The van der Waals surface area contributed by atoms with E-state index in [1.54, 1.807) is 13.2 Å². The van der Waals surface area contributed by atoms with E-state index in [9.17, 15) is 14.7 Å². The van der Waals surface area contributed by atoms with Crippen molar-refractivity contribution in [2.24, 2.45) is 5.92 Å². The number of imidazole rings is 1. The van der Waals surface area contributed by atoms with Gasteiger partial charge in [0.25, 0.3) is 5.91 Å². The van der Waals surface area contributed by atoms with Crippen LogP contribution in [0, 0.1) is 5.92 Å². The van der Waals surface area contributed by atoms with Crippen molar-refractivity contribution in [2.75, 3.05) is 12.4 Å². The van der Waals surface area contributed by atoms with Gasteiger partial charge in [0.15, 0.2) is 5.65 Å². The summed E-state index contributed by atoms with van der Waals surface area (Å²) in [6.45, 7) is 0.580. The molecule has 1 fully saturated rings. The Bertz CT molecular complexity index is 1430. The van der Waals surface area contributed by atoms with Gasteiger partial charge in [-0.2, -0.15) is 0 Å². The summed E-state index contributed by atoms with van der Waals surface area (Å²) in [4.78, 5) is 30.2. The average Bonchev–Trinajstić information content (AvgIpc) is 3.35. The zero-order valence-electron chi connectivity index (χ0n) is 22.1. The predicted molar refractivity (Wildman–Crippen MR) is 151 cm³/mol. The molecule has 1 aliphatic carbocycles. The monoisotopic (exact) mass is 526 g/mol. The number of nitrogens with one attached hydrogen (secondary N) is 2. The fraction of sp³-hybridized carbons (Fsp3) is 0.323. The molecule has 1 unspecified atom stereocenters. The van der Waals surface area contributed by atoms with Crippen LogP contribution in [0.5, 0.6) is 5.75 Å². The van der Waals surface area contributed by atoms with E-state index >= 15 is 0 Å². The van der Waals surface area contributed by atoms with Crippen molar-refractivity contribution in [2.45, 2.75) is 51.1 Å². The molecular formula is C31H34N4O4. The second-order valence-electron chi connectivity index (χ2n) is 10.1. The third-order valence-corrected chi connectivity index (χ3v) is 7.49. The van der Waals surface area contributed by atoms with Crippen LogP contribution in [0.4, 0.5) is 5.82 Å². The SMILES string of the molecule is COc1ccc(-c2nc3c(C(=O)NC(CC(=O)O)C4CCCCC4)cccn3c2NCc2ccccc2)cc1. The molecule has 2 heterocycles. The van der Waals surface area contributed by atoms with Gasteiger partial charge >= 0.3 is 5.97 Å². The van der Waals surface area contributed by atoms with E-state index in [2.05, 4.69) is 22.8 Å². The van der Waals surface area contributed by atoms with Crippen LogP contribution in [0.15, 0.2) is 72.9 Å². The highest BCUT2D eigenvalue weighted by atomic mass is 16.5. The number of aliphatic carboxylic acids is 1. The fourth-order valence-electron chi connectivity index (χ4n) is 5.45. The summed E-state index contributed by atoms with van der Waals surface area (Å²) < 4.78 is 7.22. The van der Waals surface area contributed by atoms with Gasteiger partial charge in [-0.1, -0.05) is 49.6 Å². The molecule has 39 heavy (non-hydrogen) atoms. The zero-order valence-corrected chi connectivity index (χ0v) is 22.1. The van der Waals surface area contributed by atoms with E-state index in [0.717, 1.165) is 54.8 Å². The Hall–Kier alpha value is -4.33. The first-order chi connectivity index (χ1) is 19.0. The maximum absolute atomic E-state index is 13.6. The van der Waals surface area contributed by atoms with Crippen LogP contribution in [0.3, 0.4) is 0 Å². The van der Waals surface area contributed by atoms with Crippen LogP contribution in [-0.2, 0) is 11.3 Å². The molecule has 0 saturated heterocycles. The maximum atomic E-state index is 13.6. The Labute approximate surface area is 228 Å². The molecule has 3 N–H and O–H groups in total. The molecule has 8 heteroatoms. The van der Waals surface area contributed by atoms with Crippen LogP contribution in [0.25, 0.3) is 16.9 Å². The minimum Gasteiger partial charge on any atom is -0.497 e. The van der Waals surface area contributed by atoms with Crippen LogP contribution >= 0.6 is 0 Å². The fourth-order valence-corrected chi connectivity index (χ4v) is 5.45. The van der Waals surface area contributed by atoms with Crippen LogP contribution in [0.2, 0.25) is 0 Å². The third-order valence-electron chi connectivity index (χ3n) is 7.49. The zero-order chi connectivity index (χ0) is 27.2. The number of aromatic nitrogens is 2. The molecule has 0 radical (unpaired) electrons. The van der Waals surface area contributed by atoms with Crippen LogP contribution in [0.1, 0.15) is 54.4 Å². The highest BCUT2D eigenvalue weighted by Gasteiger charge is 2.28. The number of hydrogen-bond donors (Lipinski definition) is 3. The number of rotatable bonds is 10. The van der Waals surface area contributed by atoms with Crippen molar-refractivity contribution in [1.82, 2.24) is 14.7 Å². The minimum absolute atomic E-state index is 0.0883. The highest BCUT2D eigenvalue weighted by Crippen LogP contribution is 2.32. The van der Waals surface area contributed by atoms with E-state index in [-0.39, 0.29) is 18.2 Å². The van der Waals surface area contributed by atoms with E-state index in [1.807, 2.05) is 59.1 Å². The van der Waals surface area contributed by atoms with Gasteiger partial charge in [-0.25, -0.2) is 4.98 Å². The Kier molecular flexibility index (Phi) is 8.10. The second-order valence-corrected chi connectivity index (χ2v) is 10.1. The summed E-state index contributed by atoms with van der Waals surface area (Å²) in [6.07, 6.45) is 6.94. The van der Waals surface area contributed by atoms with Gasteiger partial charge < -0.3 is 20.5 Å². The molecule has 202 valence electrons. The molecular weight excluding hydrogens is 492 g/mol. The lowest BCUT2D eigenvalue weighted by molar-refractivity contribution is -0.137. The molecule has 2 aromatic carbocycles. The number of pyridine rings is 1. The predicted octanol–water partition coefficient (Wildman–Crippen LogP) is 5.78. The first kappa shape index (κ1) is 26.3. The summed E-state index contributed by atoms with van der Waals surface area (Å²) in [5.41, 5.74) is 3.63. The Morgan fingerprint density at radius 1 is 1.03 bits per heavy atom. The number of hydrogen-bond acceptors (Lipinski definition) is 5. The minimum atomic E-state index is -0.904. The van der Waals surface area contributed by atoms with Gasteiger partial charge in [0.1, 0.15) is 17.3 Å². The number of carbonyl (C=O) groups excluding carboxylic acids is 1. The topological polar surface area (TPSA) is 105 Å². The Morgan fingerprint density at radius 2 is 1.77 bits per heavy atom. The van der Waals surface area contributed by atoms with Crippen molar-refractivity contribution < 1.29 is 19.4 Å². The summed E-state index contributed by atoms with van der Waals surface area (Å²) in [5.74, 6) is 0.463. The number of carboxylic acids is 1. The maximum Gasteiger partial charge on any atom is 0.305 e. The molecule has 4 aromatic rings. The van der Waals surface area contributed by atoms with Gasteiger partial charge in [0.2, 0.25) is 0 Å². The number of amides is 1. The second kappa shape index (κ2) is 12.0. The van der Waals surface area contributed by atoms with Gasteiger partial charge in [-0.05, 0) is 60.7 Å². The number of methoxy groups -OCH3 is 1. The van der Waals surface area contributed by atoms with Gasteiger partial charge in [-0.15, -0.1) is 0 Å². The molecule has 0 bridgehead atoms. The van der Waals surface area contributed by atoms with E-state index < -0.39 is 12.0 Å². The normalized spacial score (nSPS) is 14.6. The molecule has 2 aromatic heterocycles. The molecule has 1 atom stereocenters. The number of fused-ring (bicyclic) bond motifs is 1. The quantitative estimate of drug-likeness (QED) is 0.242. The first-order valence-electron chi connectivity index (χ1n) is 13.5. The van der Waals surface area contributed by atoms with Gasteiger partial charge in [0.05, 0.1) is 19.1 Å². The van der Waals surface area contributed by atoms with Crippen LogP contribution in [-0.4, -0.2) is 39.5 Å². The summed E-state index contributed by atoms with van der Waals surface area (Å²) >= 11 is 0. The lowest BCUT2D eigenvalue weighted by Gasteiger charge is -2.30.